The predicted molar refractivity (Wildman–Crippen MR) is 97.6 cm³/mol. The van der Waals surface area contributed by atoms with Crippen molar-refractivity contribution < 1.29 is 9.21 Å². The topological polar surface area (TPSA) is 45.5 Å². The number of para-hydroxylation sites is 1. The van der Waals surface area contributed by atoms with E-state index in [1.165, 1.54) is 4.88 Å². The molecule has 2 aromatic heterocycles. The van der Waals surface area contributed by atoms with Gasteiger partial charge in [-0.1, -0.05) is 29.8 Å². The van der Waals surface area contributed by atoms with Crippen LogP contribution in [0.1, 0.15) is 10.4 Å². The minimum Gasteiger partial charge on any atom is -0.472 e. The number of hydrogen-bond donors (Lipinski definition) is 1. The van der Waals surface area contributed by atoms with Crippen LogP contribution >= 0.6 is 22.9 Å². The molecule has 24 heavy (non-hydrogen) atoms. The third-order valence-electron chi connectivity index (χ3n) is 3.56. The van der Waals surface area contributed by atoms with Crippen molar-refractivity contribution in [3.63, 3.8) is 0 Å². The van der Waals surface area contributed by atoms with E-state index < -0.39 is 0 Å². The highest BCUT2D eigenvalue weighted by molar-refractivity contribution is 7.09. The van der Waals surface area contributed by atoms with E-state index in [-0.39, 0.29) is 6.03 Å². The molecular weight excluding hydrogens is 344 g/mol. The van der Waals surface area contributed by atoms with E-state index in [0.29, 0.717) is 23.8 Å². The Bertz CT molecular complexity index is 772. The van der Waals surface area contributed by atoms with E-state index in [0.717, 1.165) is 12.0 Å². The molecule has 0 aliphatic heterocycles. The van der Waals surface area contributed by atoms with Crippen LogP contribution in [-0.2, 0) is 13.0 Å². The number of benzene rings is 1. The van der Waals surface area contributed by atoms with Crippen LogP contribution in [0.3, 0.4) is 0 Å². The summed E-state index contributed by atoms with van der Waals surface area (Å²) < 4.78 is 5.11. The Hall–Kier alpha value is -2.24. The summed E-state index contributed by atoms with van der Waals surface area (Å²) in [7, 11) is 0. The Morgan fingerprint density at radius 3 is 2.79 bits per heavy atom. The second-order valence-corrected chi connectivity index (χ2v) is 6.73. The molecule has 0 saturated carbocycles. The first-order chi connectivity index (χ1) is 11.7. The first kappa shape index (κ1) is 16.6. The minimum absolute atomic E-state index is 0.180. The van der Waals surface area contributed by atoms with Crippen molar-refractivity contribution in [2.24, 2.45) is 0 Å². The maximum Gasteiger partial charge on any atom is 0.322 e. The van der Waals surface area contributed by atoms with Crippen LogP contribution in [0.5, 0.6) is 0 Å². The summed E-state index contributed by atoms with van der Waals surface area (Å²) >= 11 is 7.82. The molecule has 0 atom stereocenters. The molecule has 0 bridgehead atoms. The molecule has 0 aliphatic rings. The summed E-state index contributed by atoms with van der Waals surface area (Å²) in [5.41, 5.74) is 1.56. The van der Waals surface area contributed by atoms with Gasteiger partial charge in [0.2, 0.25) is 0 Å². The van der Waals surface area contributed by atoms with Crippen LogP contribution in [0, 0.1) is 0 Å². The van der Waals surface area contributed by atoms with Crippen molar-refractivity contribution in [1.82, 2.24) is 4.90 Å². The molecule has 2 heterocycles. The van der Waals surface area contributed by atoms with Crippen molar-refractivity contribution >= 4 is 34.7 Å². The number of nitrogens with zero attached hydrogens (tertiary/aromatic N) is 1. The fraction of sp³-hybridized carbons (Fsp3) is 0.167. The third kappa shape index (κ3) is 4.40. The summed E-state index contributed by atoms with van der Waals surface area (Å²) in [5.74, 6) is 0. The van der Waals surface area contributed by atoms with Gasteiger partial charge in [-0.3, -0.25) is 0 Å². The van der Waals surface area contributed by atoms with Crippen molar-refractivity contribution in [2.75, 3.05) is 11.9 Å². The number of anilines is 1. The Morgan fingerprint density at radius 2 is 2.08 bits per heavy atom. The van der Waals surface area contributed by atoms with Crippen molar-refractivity contribution in [1.29, 1.82) is 0 Å². The van der Waals surface area contributed by atoms with E-state index in [2.05, 4.69) is 11.4 Å². The second kappa shape index (κ2) is 8.04. The summed E-state index contributed by atoms with van der Waals surface area (Å²) in [6.07, 6.45) is 4.07. The number of halogens is 1. The summed E-state index contributed by atoms with van der Waals surface area (Å²) in [6.45, 7) is 1.10. The molecule has 124 valence electrons. The van der Waals surface area contributed by atoms with Gasteiger partial charge in [-0.15, -0.1) is 11.3 Å². The fourth-order valence-corrected chi connectivity index (χ4v) is 3.19. The molecule has 0 fully saturated rings. The van der Waals surface area contributed by atoms with Crippen LogP contribution in [0.15, 0.2) is 64.8 Å². The maximum absolute atomic E-state index is 12.7. The fourth-order valence-electron chi connectivity index (χ4n) is 2.31. The van der Waals surface area contributed by atoms with Gasteiger partial charge in [0.05, 0.1) is 29.8 Å². The molecule has 3 aromatic rings. The number of thiophene rings is 1. The number of rotatable bonds is 6. The summed E-state index contributed by atoms with van der Waals surface area (Å²) in [5, 5.41) is 5.44. The monoisotopic (exact) mass is 360 g/mol. The summed E-state index contributed by atoms with van der Waals surface area (Å²) in [6, 6.07) is 13.0. The molecule has 0 aliphatic carbocycles. The number of carbonyl (C=O) groups is 1. The van der Waals surface area contributed by atoms with Crippen LogP contribution in [0.2, 0.25) is 5.02 Å². The Labute approximate surface area is 149 Å². The van der Waals surface area contributed by atoms with Crippen LogP contribution in [0.4, 0.5) is 10.5 Å². The zero-order chi connectivity index (χ0) is 16.8. The van der Waals surface area contributed by atoms with Gasteiger partial charge in [0.15, 0.2) is 0 Å². The molecule has 0 spiro atoms. The first-order valence-corrected chi connectivity index (χ1v) is 8.82. The smallest absolute Gasteiger partial charge is 0.322 e. The van der Waals surface area contributed by atoms with Crippen molar-refractivity contribution in [2.45, 2.75) is 13.0 Å². The van der Waals surface area contributed by atoms with Gasteiger partial charge in [0.1, 0.15) is 0 Å². The number of urea groups is 1. The van der Waals surface area contributed by atoms with Gasteiger partial charge in [-0.2, -0.15) is 0 Å². The predicted octanol–water partition coefficient (Wildman–Crippen LogP) is 5.27. The van der Waals surface area contributed by atoms with Gasteiger partial charge < -0.3 is 14.6 Å². The quantitative estimate of drug-likeness (QED) is 0.650. The first-order valence-electron chi connectivity index (χ1n) is 7.56. The lowest BCUT2D eigenvalue weighted by Crippen LogP contribution is -2.36. The Morgan fingerprint density at radius 1 is 1.21 bits per heavy atom. The molecule has 1 N–H and O–H groups in total. The molecule has 6 heteroatoms. The molecule has 2 amide bonds. The second-order valence-electron chi connectivity index (χ2n) is 5.29. The molecular formula is C18H17ClN2O2S. The number of hydrogen-bond acceptors (Lipinski definition) is 3. The lowest BCUT2D eigenvalue weighted by Gasteiger charge is -2.22. The Kier molecular flexibility index (Phi) is 5.56. The molecule has 0 unspecified atom stereocenters. The largest absolute Gasteiger partial charge is 0.472 e. The highest BCUT2D eigenvalue weighted by Gasteiger charge is 2.16. The zero-order valence-corrected chi connectivity index (χ0v) is 14.5. The normalized spacial score (nSPS) is 10.5. The molecule has 4 nitrogen and oxygen atoms in total. The van der Waals surface area contributed by atoms with Crippen LogP contribution < -0.4 is 5.32 Å². The molecule has 0 radical (unpaired) electrons. The lowest BCUT2D eigenvalue weighted by molar-refractivity contribution is 0.210. The SMILES string of the molecule is O=C(Nc1ccccc1Cl)N(CCc1cccs1)Cc1ccoc1. The van der Waals surface area contributed by atoms with E-state index in [4.69, 9.17) is 16.0 Å². The molecule has 3 rings (SSSR count). The number of nitrogens with one attached hydrogen (secondary N) is 1. The maximum atomic E-state index is 12.7. The standard InChI is InChI=1S/C18H17ClN2O2S/c19-16-5-1-2-6-17(16)20-18(22)21(12-14-8-10-23-13-14)9-7-15-4-3-11-24-15/h1-6,8,10-11,13H,7,9,12H2,(H,20,22). The Balaban J connectivity index is 1.70. The van der Waals surface area contributed by atoms with Gasteiger partial charge >= 0.3 is 6.03 Å². The van der Waals surface area contributed by atoms with Crippen LogP contribution in [-0.4, -0.2) is 17.5 Å². The number of carbonyl (C=O) groups excluding carboxylic acids is 1. The van der Waals surface area contributed by atoms with Gasteiger partial charge in [0, 0.05) is 17.0 Å². The van der Waals surface area contributed by atoms with Crippen molar-refractivity contribution in [3.05, 3.63) is 75.8 Å². The third-order valence-corrected chi connectivity index (χ3v) is 4.83. The lowest BCUT2D eigenvalue weighted by atomic mass is 10.2. The summed E-state index contributed by atoms with van der Waals surface area (Å²) in [4.78, 5) is 15.7. The van der Waals surface area contributed by atoms with Crippen molar-refractivity contribution in [3.8, 4) is 0 Å². The number of amides is 2. The molecule has 1 aromatic carbocycles. The molecule has 0 saturated heterocycles. The average molecular weight is 361 g/mol. The highest BCUT2D eigenvalue weighted by Crippen LogP contribution is 2.21. The van der Waals surface area contributed by atoms with Gasteiger partial charge in [-0.25, -0.2) is 4.79 Å². The minimum atomic E-state index is -0.180. The van der Waals surface area contributed by atoms with E-state index in [9.17, 15) is 4.79 Å². The number of furan rings is 1. The van der Waals surface area contributed by atoms with Gasteiger partial charge in [0.25, 0.3) is 0 Å². The van der Waals surface area contributed by atoms with E-state index in [1.807, 2.05) is 29.6 Å². The highest BCUT2D eigenvalue weighted by atomic mass is 35.5. The zero-order valence-electron chi connectivity index (χ0n) is 12.9. The van der Waals surface area contributed by atoms with Crippen LogP contribution in [0.25, 0.3) is 0 Å². The van der Waals surface area contributed by atoms with E-state index in [1.54, 1.807) is 40.9 Å². The van der Waals surface area contributed by atoms with Gasteiger partial charge in [-0.05, 0) is 36.1 Å². The van der Waals surface area contributed by atoms with E-state index >= 15 is 0 Å². The average Bonchev–Trinajstić information content (AvgIpc) is 3.27.